The summed E-state index contributed by atoms with van der Waals surface area (Å²) in [6.07, 6.45) is 2.02. The minimum Gasteiger partial charge on any atom is -0.457 e. The molecule has 1 aliphatic rings. The van der Waals surface area contributed by atoms with Crippen molar-refractivity contribution in [2.75, 3.05) is 16.5 Å². The smallest absolute Gasteiger partial charge is 0.137 e. The van der Waals surface area contributed by atoms with E-state index in [0.29, 0.717) is 6.67 Å². The second-order valence-electron chi connectivity index (χ2n) is 23.1. The first-order chi connectivity index (χ1) is 35.0. The zero-order chi connectivity index (χ0) is 50.6. The number of para-hydroxylation sites is 4. The monoisotopic (exact) mass is 954 g/mol. The van der Waals surface area contributed by atoms with E-state index in [-0.39, 0.29) is 16.2 Å². The summed E-state index contributed by atoms with van der Waals surface area (Å²) in [6, 6.07) is 66.3. The van der Waals surface area contributed by atoms with E-state index in [9.17, 15) is 0 Å². The van der Waals surface area contributed by atoms with Crippen LogP contribution in [0.25, 0.3) is 66.2 Å². The fourth-order valence-electron chi connectivity index (χ4n) is 10.9. The van der Waals surface area contributed by atoms with Gasteiger partial charge in [-0.25, -0.2) is 4.98 Å². The van der Waals surface area contributed by atoms with Crippen molar-refractivity contribution in [3.8, 4) is 34.1 Å². The number of ether oxygens (including phenoxy) is 1. The van der Waals surface area contributed by atoms with Gasteiger partial charge in [0.2, 0.25) is 0 Å². The molecule has 0 saturated carbocycles. The Kier molecular flexibility index (Phi) is 10.7. The molecule has 8 aromatic carbocycles. The molecule has 3 aromatic heterocycles. The Morgan fingerprint density at radius 3 is 1.55 bits per heavy atom. The molecular weight excluding hydrogens is 891 g/mol. The second kappa shape index (κ2) is 17.0. The molecule has 73 heavy (non-hydrogen) atoms. The molecule has 4 heterocycles. The van der Waals surface area contributed by atoms with Crippen molar-refractivity contribution in [3.05, 3.63) is 210 Å². The number of pyridine rings is 1. The van der Waals surface area contributed by atoms with Crippen LogP contribution < -0.4 is 14.5 Å². The van der Waals surface area contributed by atoms with E-state index in [1.54, 1.807) is 0 Å². The fraction of sp³-hybridized carbons (Fsp3) is 0.209. The van der Waals surface area contributed by atoms with E-state index in [1.807, 2.05) is 6.20 Å². The average molecular weight is 954 g/mol. The summed E-state index contributed by atoms with van der Waals surface area (Å²) in [4.78, 5) is 10.1. The van der Waals surface area contributed by atoms with Gasteiger partial charge in [-0.3, -0.25) is 4.57 Å². The van der Waals surface area contributed by atoms with Crippen molar-refractivity contribution >= 4 is 66.4 Å². The Morgan fingerprint density at radius 2 is 0.945 bits per heavy atom. The van der Waals surface area contributed by atoms with Crippen LogP contribution in [0.5, 0.6) is 11.5 Å². The van der Waals surface area contributed by atoms with Crippen LogP contribution in [-0.2, 0) is 16.2 Å². The number of anilines is 4. The van der Waals surface area contributed by atoms with E-state index in [0.717, 1.165) is 67.2 Å². The molecule has 0 saturated heterocycles. The quantitative estimate of drug-likeness (QED) is 0.160. The predicted octanol–water partition coefficient (Wildman–Crippen LogP) is 18.2. The van der Waals surface area contributed by atoms with Gasteiger partial charge in [-0.1, -0.05) is 147 Å². The van der Waals surface area contributed by atoms with Gasteiger partial charge in [0.05, 0.1) is 33.4 Å². The number of hydrogen-bond acceptors (Lipinski definition) is 4. The van der Waals surface area contributed by atoms with Crippen LogP contribution in [0.1, 0.15) is 84.6 Å². The van der Waals surface area contributed by atoms with E-state index in [4.69, 9.17) is 9.72 Å². The van der Waals surface area contributed by atoms with E-state index >= 15 is 0 Å². The molecule has 12 rings (SSSR count). The minimum absolute atomic E-state index is 0.00154. The van der Waals surface area contributed by atoms with Crippen molar-refractivity contribution in [3.63, 3.8) is 0 Å². The zero-order valence-electron chi connectivity index (χ0n) is 43.7. The Hall–Kier alpha value is -8.09. The lowest BCUT2D eigenvalue weighted by Crippen LogP contribution is -2.26. The highest BCUT2D eigenvalue weighted by Crippen LogP contribution is 2.48. The highest BCUT2D eigenvalue weighted by molar-refractivity contribution is 6.12. The molecule has 1 aliphatic heterocycles. The molecular formula is C67H63N5O. The molecule has 6 nitrogen and oxygen atoms in total. The van der Waals surface area contributed by atoms with Crippen LogP contribution in [0.15, 0.2) is 188 Å². The van der Waals surface area contributed by atoms with E-state index in [1.165, 1.54) is 55.6 Å². The number of nitrogens with zero attached hydrogens (tertiary/aromatic N) is 5. The lowest BCUT2D eigenvalue weighted by molar-refractivity contribution is 0.479. The van der Waals surface area contributed by atoms with Crippen LogP contribution in [0.2, 0.25) is 0 Å². The summed E-state index contributed by atoms with van der Waals surface area (Å²) in [7, 11) is 0. The van der Waals surface area contributed by atoms with E-state index in [2.05, 4.69) is 270 Å². The molecule has 0 amide bonds. The summed E-state index contributed by atoms with van der Waals surface area (Å²) in [5.41, 5.74) is 17.4. The van der Waals surface area contributed by atoms with Crippen LogP contribution in [0, 0.1) is 6.92 Å². The maximum atomic E-state index is 7.12. The molecule has 0 unspecified atom stereocenters. The Balaban J connectivity index is 0.985. The molecule has 0 N–H and O–H groups in total. The van der Waals surface area contributed by atoms with Gasteiger partial charge in [-0.15, -0.1) is 0 Å². The standard InChI is InChI=1S/C67H63N5O/c1-43-32-64(68-41-57(43)44-20-12-11-13-21-44)72-60-31-28-48(71-58-24-16-14-22-53(58)54-23-15-17-25-59(54)71)39-56(60)55-30-29-51(40-63(55)72)73-52-37-47(67(8,9)10)36-50(38-52)70-42-69(61-26-18-19-27-62(61)70)49-34-45(65(2,3)4)33-46(35-49)66(5,6)7/h11-41H,42H2,1-10H3. The van der Waals surface area contributed by atoms with Gasteiger partial charge in [-0.05, 0) is 136 Å². The number of rotatable bonds is 7. The SMILES string of the molecule is Cc1cc(-n2c3ccc(-n4c5ccccc5c5ccccc54)cc3c3ccc(Oc4cc(N5CN(c6cc(C(C)(C)C)cc(C(C)(C)C)c6)c6ccccc65)cc(C(C)(C)C)c4)cc32)ncc1-c1ccccc1. The highest BCUT2D eigenvalue weighted by atomic mass is 16.5. The topological polar surface area (TPSA) is 38.5 Å². The third-order valence-electron chi connectivity index (χ3n) is 15.0. The molecule has 0 bridgehead atoms. The third kappa shape index (κ3) is 8.10. The molecule has 6 heteroatoms. The van der Waals surface area contributed by atoms with Crippen molar-refractivity contribution in [1.29, 1.82) is 0 Å². The van der Waals surface area contributed by atoms with Crippen LogP contribution in [0.3, 0.4) is 0 Å². The van der Waals surface area contributed by atoms with Gasteiger partial charge in [0.15, 0.2) is 0 Å². The van der Waals surface area contributed by atoms with Crippen molar-refractivity contribution < 1.29 is 4.74 Å². The molecule has 0 atom stereocenters. The Bertz CT molecular complexity index is 3860. The average Bonchev–Trinajstić information content (AvgIpc) is 4.03. The Labute approximate surface area is 429 Å². The lowest BCUT2D eigenvalue weighted by Gasteiger charge is -2.29. The van der Waals surface area contributed by atoms with Crippen molar-refractivity contribution in [2.45, 2.75) is 85.5 Å². The lowest BCUT2D eigenvalue weighted by atomic mass is 9.80. The van der Waals surface area contributed by atoms with Gasteiger partial charge < -0.3 is 19.1 Å². The highest BCUT2D eigenvalue weighted by Gasteiger charge is 2.31. The van der Waals surface area contributed by atoms with Gasteiger partial charge in [-0.2, -0.15) is 0 Å². The number of fused-ring (bicyclic) bond motifs is 7. The summed E-state index contributed by atoms with van der Waals surface area (Å²) in [5.74, 6) is 2.40. The maximum absolute atomic E-state index is 7.12. The van der Waals surface area contributed by atoms with Gasteiger partial charge in [0, 0.05) is 62.5 Å². The Morgan fingerprint density at radius 1 is 0.411 bits per heavy atom. The van der Waals surface area contributed by atoms with Crippen molar-refractivity contribution in [2.24, 2.45) is 0 Å². The molecule has 0 aliphatic carbocycles. The minimum atomic E-state index is -0.143. The molecule has 11 aromatic rings. The van der Waals surface area contributed by atoms with Crippen molar-refractivity contribution in [1.82, 2.24) is 14.1 Å². The molecule has 0 spiro atoms. The number of aryl methyl sites for hydroxylation is 1. The normalized spacial score (nSPS) is 13.2. The zero-order valence-corrected chi connectivity index (χ0v) is 43.7. The molecule has 0 radical (unpaired) electrons. The third-order valence-corrected chi connectivity index (χ3v) is 15.0. The summed E-state index contributed by atoms with van der Waals surface area (Å²) >= 11 is 0. The second-order valence-corrected chi connectivity index (χ2v) is 23.1. The van der Waals surface area contributed by atoms with Crippen LogP contribution in [0.4, 0.5) is 22.7 Å². The number of aromatic nitrogens is 3. The number of benzene rings is 8. The van der Waals surface area contributed by atoms with E-state index < -0.39 is 0 Å². The maximum Gasteiger partial charge on any atom is 0.137 e. The van der Waals surface area contributed by atoms with Crippen LogP contribution >= 0.6 is 0 Å². The predicted molar refractivity (Wildman–Crippen MR) is 308 cm³/mol. The first-order valence-corrected chi connectivity index (χ1v) is 25.7. The summed E-state index contributed by atoms with van der Waals surface area (Å²) in [5, 5.41) is 4.75. The van der Waals surface area contributed by atoms with Gasteiger partial charge >= 0.3 is 0 Å². The largest absolute Gasteiger partial charge is 0.457 e. The number of hydrogen-bond donors (Lipinski definition) is 0. The van der Waals surface area contributed by atoms with Gasteiger partial charge in [0.1, 0.15) is 24.0 Å². The fourth-order valence-corrected chi connectivity index (χ4v) is 10.9. The summed E-state index contributed by atoms with van der Waals surface area (Å²) < 4.78 is 11.8. The molecule has 0 fully saturated rings. The first kappa shape index (κ1) is 46.0. The summed E-state index contributed by atoms with van der Waals surface area (Å²) in [6.45, 7) is 23.6. The van der Waals surface area contributed by atoms with Gasteiger partial charge in [0.25, 0.3) is 0 Å². The van der Waals surface area contributed by atoms with Crippen LogP contribution in [-0.4, -0.2) is 20.8 Å². The molecule has 362 valence electrons. The first-order valence-electron chi connectivity index (χ1n) is 25.7.